The number of nitrogens with zero attached hydrogens (tertiary/aromatic N) is 1. The molecule has 0 aromatic rings. The van der Waals surface area contributed by atoms with Crippen LogP contribution < -0.4 is 4.89 Å². The summed E-state index contributed by atoms with van der Waals surface area (Å²) < 4.78 is 33.7. The average Bonchev–Trinajstić information content (AvgIpc) is 3.31. The van der Waals surface area contributed by atoms with Crippen LogP contribution in [0.5, 0.6) is 0 Å². The molecular formula is C59H94NO8P. The Labute approximate surface area is 421 Å². The highest BCUT2D eigenvalue weighted by Gasteiger charge is 2.21. The van der Waals surface area contributed by atoms with Gasteiger partial charge in [0, 0.05) is 12.8 Å². The number of unbranched alkanes of at least 4 members (excludes halogenated alkanes) is 7. The lowest BCUT2D eigenvalue weighted by Crippen LogP contribution is -2.37. The van der Waals surface area contributed by atoms with Crippen molar-refractivity contribution in [2.24, 2.45) is 0 Å². The number of likely N-dealkylation sites (N-methyl/N-ethyl adjacent to an activating group) is 1. The van der Waals surface area contributed by atoms with E-state index in [0.29, 0.717) is 23.9 Å². The summed E-state index contributed by atoms with van der Waals surface area (Å²) in [5.74, 6) is -0.910. The van der Waals surface area contributed by atoms with E-state index >= 15 is 0 Å². The third kappa shape index (κ3) is 53.1. The van der Waals surface area contributed by atoms with Gasteiger partial charge in [0.2, 0.25) is 0 Å². The Hall–Kier alpha value is -4.11. The summed E-state index contributed by atoms with van der Waals surface area (Å²) in [4.78, 5) is 37.3. The van der Waals surface area contributed by atoms with Gasteiger partial charge in [0.15, 0.2) is 6.10 Å². The molecule has 2 unspecified atom stereocenters. The van der Waals surface area contributed by atoms with Gasteiger partial charge < -0.3 is 27.9 Å². The molecule has 0 aromatic carbocycles. The van der Waals surface area contributed by atoms with Crippen LogP contribution in [0.15, 0.2) is 146 Å². The van der Waals surface area contributed by atoms with E-state index in [0.717, 1.165) is 116 Å². The van der Waals surface area contributed by atoms with E-state index in [2.05, 4.69) is 160 Å². The zero-order valence-electron chi connectivity index (χ0n) is 43.7. The molecule has 0 radical (unpaired) electrons. The van der Waals surface area contributed by atoms with Gasteiger partial charge in [0.1, 0.15) is 19.8 Å². The fourth-order valence-electron chi connectivity index (χ4n) is 6.10. The first kappa shape index (κ1) is 64.9. The van der Waals surface area contributed by atoms with E-state index in [4.69, 9.17) is 18.5 Å². The SMILES string of the molecule is CC/C=C\C/C=C\C/C=C\C/C=C\C/C=C\C/C=C\C/C=C\C/C=C\C/C=C\C/C=C\C/C=C\C/C=C\CCCCC(=O)OC(COC(=O)CCCCCCCC)COP(=O)([O-])OCC[N+](C)(C)C. The smallest absolute Gasteiger partial charge is 0.306 e. The van der Waals surface area contributed by atoms with Gasteiger partial charge in [-0.1, -0.05) is 192 Å². The minimum Gasteiger partial charge on any atom is -0.756 e. The average molecular weight is 976 g/mol. The number of carbonyl (C=O) groups is 2. The van der Waals surface area contributed by atoms with E-state index in [1.54, 1.807) is 0 Å². The van der Waals surface area contributed by atoms with Gasteiger partial charge in [-0.3, -0.25) is 14.2 Å². The largest absolute Gasteiger partial charge is 0.756 e. The Balaban J connectivity index is 4.15. The lowest BCUT2D eigenvalue weighted by molar-refractivity contribution is -0.870. The van der Waals surface area contributed by atoms with Crippen LogP contribution in [-0.2, 0) is 32.7 Å². The molecule has 0 heterocycles. The molecule has 0 aromatic heterocycles. The standard InChI is InChI=1S/C59H94NO8P/c1-6-8-10-12-14-15-16-17-18-19-20-21-22-23-24-25-26-27-28-29-30-31-32-33-34-35-36-37-38-39-40-41-42-43-44-45-46-48-50-52-59(62)68-57(55-65-58(61)51-49-47-13-11-9-7-2)56-67-69(63,64)66-54-53-60(3,4)5/h8,10,14-15,17-18,20-21,23-24,26-27,29-30,32-33,35-36,38-39,41-42,44-45,57H,6-7,9,11-13,16,19,22,25,28,31,34,37,40,43,46-56H2,1-5H3/b10-8-,15-14-,18-17-,21-20-,24-23-,27-26-,30-29-,33-32-,36-35-,39-38-,42-41-,45-44-. The molecule has 10 heteroatoms. The Bertz CT molecular complexity index is 1670. The monoisotopic (exact) mass is 976 g/mol. The van der Waals surface area contributed by atoms with Crippen molar-refractivity contribution in [3.05, 3.63) is 146 Å². The second kappa shape index (κ2) is 48.9. The normalized spacial score (nSPS) is 14.6. The highest BCUT2D eigenvalue weighted by molar-refractivity contribution is 7.45. The van der Waals surface area contributed by atoms with E-state index in [1.165, 1.54) is 6.42 Å². The Morgan fingerprint density at radius 1 is 0.464 bits per heavy atom. The van der Waals surface area contributed by atoms with Crippen LogP contribution in [-0.4, -0.2) is 70.0 Å². The quantitative estimate of drug-likeness (QED) is 0.0195. The first-order valence-electron chi connectivity index (χ1n) is 26.0. The van der Waals surface area contributed by atoms with Crippen LogP contribution in [0, 0.1) is 0 Å². The van der Waals surface area contributed by atoms with Crippen molar-refractivity contribution in [2.45, 2.75) is 168 Å². The predicted molar refractivity (Wildman–Crippen MR) is 290 cm³/mol. The second-order valence-corrected chi connectivity index (χ2v) is 19.2. The molecule has 0 aliphatic rings. The summed E-state index contributed by atoms with van der Waals surface area (Å²) >= 11 is 0. The lowest BCUT2D eigenvalue weighted by atomic mass is 10.1. The van der Waals surface area contributed by atoms with Crippen molar-refractivity contribution in [1.29, 1.82) is 0 Å². The Kier molecular flexibility index (Phi) is 46.0. The number of hydrogen-bond acceptors (Lipinski definition) is 8. The Morgan fingerprint density at radius 3 is 1.23 bits per heavy atom. The van der Waals surface area contributed by atoms with Gasteiger partial charge in [-0.2, -0.15) is 0 Å². The second-order valence-electron chi connectivity index (χ2n) is 17.8. The zero-order valence-corrected chi connectivity index (χ0v) is 44.6. The lowest BCUT2D eigenvalue weighted by Gasteiger charge is -2.28. The van der Waals surface area contributed by atoms with Gasteiger partial charge in [-0.15, -0.1) is 0 Å². The topological polar surface area (TPSA) is 111 Å². The zero-order chi connectivity index (χ0) is 50.6. The van der Waals surface area contributed by atoms with E-state index in [-0.39, 0.29) is 26.1 Å². The summed E-state index contributed by atoms with van der Waals surface area (Å²) in [6.07, 6.45) is 72.3. The number of hydrogen-bond donors (Lipinski definition) is 0. The third-order valence-electron chi connectivity index (χ3n) is 10.1. The number of carbonyl (C=O) groups excluding carboxylic acids is 2. The fraction of sp³-hybridized carbons (Fsp3) is 0.559. The van der Waals surface area contributed by atoms with Crippen LogP contribution in [0.2, 0.25) is 0 Å². The molecule has 0 rings (SSSR count). The van der Waals surface area contributed by atoms with Crippen molar-refractivity contribution in [2.75, 3.05) is 47.5 Å². The molecule has 388 valence electrons. The molecule has 69 heavy (non-hydrogen) atoms. The van der Waals surface area contributed by atoms with Crippen molar-refractivity contribution in [3.63, 3.8) is 0 Å². The highest BCUT2D eigenvalue weighted by Crippen LogP contribution is 2.38. The summed E-state index contributed by atoms with van der Waals surface area (Å²) in [6.45, 7) is 3.95. The summed E-state index contributed by atoms with van der Waals surface area (Å²) in [5.41, 5.74) is 0. The molecule has 0 N–H and O–H groups in total. The molecule has 0 spiro atoms. The molecule has 0 saturated carbocycles. The summed E-state index contributed by atoms with van der Waals surface area (Å²) in [5, 5.41) is 0. The highest BCUT2D eigenvalue weighted by atomic mass is 31.2. The molecule has 2 atom stereocenters. The third-order valence-corrected chi connectivity index (χ3v) is 11.1. The molecular weight excluding hydrogens is 882 g/mol. The minimum absolute atomic E-state index is 0.0468. The van der Waals surface area contributed by atoms with Crippen LogP contribution in [0.4, 0.5) is 0 Å². The number of rotatable bonds is 45. The van der Waals surface area contributed by atoms with Crippen molar-refractivity contribution in [3.8, 4) is 0 Å². The number of quaternary nitrogens is 1. The fourth-order valence-corrected chi connectivity index (χ4v) is 6.83. The van der Waals surface area contributed by atoms with Crippen LogP contribution >= 0.6 is 7.82 Å². The van der Waals surface area contributed by atoms with E-state index in [9.17, 15) is 19.0 Å². The molecule has 9 nitrogen and oxygen atoms in total. The Morgan fingerprint density at radius 2 is 0.826 bits per heavy atom. The van der Waals surface area contributed by atoms with Crippen molar-refractivity contribution < 1.29 is 42.1 Å². The predicted octanol–water partition coefficient (Wildman–Crippen LogP) is 15.3. The van der Waals surface area contributed by atoms with Gasteiger partial charge in [-0.05, 0) is 103 Å². The maximum Gasteiger partial charge on any atom is 0.306 e. The molecule has 0 aliphatic heterocycles. The van der Waals surface area contributed by atoms with Gasteiger partial charge in [0.25, 0.3) is 7.82 Å². The first-order valence-corrected chi connectivity index (χ1v) is 27.5. The number of esters is 2. The molecule has 0 amide bonds. The van der Waals surface area contributed by atoms with Crippen LogP contribution in [0.3, 0.4) is 0 Å². The minimum atomic E-state index is -4.64. The number of ether oxygens (including phenoxy) is 2. The van der Waals surface area contributed by atoms with Crippen LogP contribution in [0.1, 0.15) is 162 Å². The van der Waals surface area contributed by atoms with Gasteiger partial charge in [0.05, 0.1) is 27.7 Å². The van der Waals surface area contributed by atoms with Gasteiger partial charge in [-0.25, -0.2) is 0 Å². The molecule has 0 fully saturated rings. The summed E-state index contributed by atoms with van der Waals surface area (Å²) in [6, 6.07) is 0. The number of phosphoric acid groups is 1. The molecule has 0 saturated heterocycles. The maximum absolute atomic E-state index is 12.6. The van der Waals surface area contributed by atoms with Crippen LogP contribution in [0.25, 0.3) is 0 Å². The summed E-state index contributed by atoms with van der Waals surface area (Å²) in [7, 11) is 1.11. The first-order chi connectivity index (χ1) is 33.5. The number of allylic oxidation sites excluding steroid dienone is 24. The van der Waals surface area contributed by atoms with Gasteiger partial charge >= 0.3 is 11.9 Å². The molecule has 0 aliphatic carbocycles. The maximum atomic E-state index is 12.6. The van der Waals surface area contributed by atoms with Crippen molar-refractivity contribution in [1.82, 2.24) is 0 Å². The van der Waals surface area contributed by atoms with Crippen molar-refractivity contribution >= 4 is 19.8 Å². The molecule has 0 bridgehead atoms. The van der Waals surface area contributed by atoms with E-state index < -0.39 is 32.5 Å². The van der Waals surface area contributed by atoms with E-state index in [1.807, 2.05) is 21.1 Å². The number of phosphoric ester groups is 1.